The third-order valence-corrected chi connectivity index (χ3v) is 2.51. The van der Waals surface area contributed by atoms with E-state index in [1.54, 1.807) is 18.2 Å². The van der Waals surface area contributed by atoms with Crippen molar-refractivity contribution < 1.29 is 19.4 Å². The Bertz CT molecular complexity index is 459. The summed E-state index contributed by atoms with van der Waals surface area (Å²) in [5.41, 5.74) is 6.47. The van der Waals surface area contributed by atoms with Crippen LogP contribution in [0.5, 0.6) is 5.75 Å². The van der Waals surface area contributed by atoms with Gasteiger partial charge in [-0.15, -0.1) is 0 Å². The highest BCUT2D eigenvalue weighted by Crippen LogP contribution is 2.20. The van der Waals surface area contributed by atoms with Gasteiger partial charge in [-0.05, 0) is 24.1 Å². The molecule has 0 bridgehead atoms. The largest absolute Gasteiger partial charge is 0.496 e. The average Bonchev–Trinajstić information content (AvgIpc) is 2.37. The molecule has 0 saturated heterocycles. The minimum Gasteiger partial charge on any atom is -0.496 e. The van der Waals surface area contributed by atoms with Crippen LogP contribution in [0.2, 0.25) is 0 Å². The highest BCUT2D eigenvalue weighted by molar-refractivity contribution is 5.97. The van der Waals surface area contributed by atoms with Gasteiger partial charge in [-0.3, -0.25) is 9.59 Å². The maximum Gasteiger partial charge on any atom is 0.320 e. The Morgan fingerprint density at radius 1 is 1.50 bits per heavy atom. The Morgan fingerprint density at radius 2 is 2.17 bits per heavy atom. The summed E-state index contributed by atoms with van der Waals surface area (Å²) < 4.78 is 5.07. The highest BCUT2D eigenvalue weighted by atomic mass is 16.5. The van der Waals surface area contributed by atoms with Crippen LogP contribution in [0.3, 0.4) is 0 Å². The first-order valence-corrected chi connectivity index (χ1v) is 5.37. The number of hydrogen-bond donors (Lipinski definition) is 3. The van der Waals surface area contributed by atoms with Crippen molar-refractivity contribution in [2.45, 2.75) is 12.5 Å². The average molecular weight is 252 g/mol. The molecule has 0 radical (unpaired) electrons. The van der Waals surface area contributed by atoms with Crippen molar-refractivity contribution in [2.24, 2.45) is 5.73 Å². The van der Waals surface area contributed by atoms with E-state index in [2.05, 4.69) is 5.32 Å². The zero-order valence-corrected chi connectivity index (χ0v) is 10.3. The summed E-state index contributed by atoms with van der Waals surface area (Å²) in [5.74, 6) is -0.938. The van der Waals surface area contributed by atoms with Crippen LogP contribution in [0.15, 0.2) is 18.2 Å². The maximum absolute atomic E-state index is 11.6. The quantitative estimate of drug-likeness (QED) is 0.685. The molecule has 18 heavy (non-hydrogen) atoms. The SMILES string of the molecule is CNC(=O)c1cc(C[C@H](N)C(=O)O)ccc1OC. The van der Waals surface area contributed by atoms with E-state index in [1.165, 1.54) is 14.2 Å². The van der Waals surface area contributed by atoms with E-state index in [0.717, 1.165) is 0 Å². The zero-order chi connectivity index (χ0) is 13.7. The lowest BCUT2D eigenvalue weighted by Gasteiger charge is -2.11. The smallest absolute Gasteiger partial charge is 0.320 e. The first kappa shape index (κ1) is 14.0. The third kappa shape index (κ3) is 3.21. The fraction of sp³-hybridized carbons (Fsp3) is 0.333. The number of ether oxygens (including phenoxy) is 1. The van der Waals surface area contributed by atoms with E-state index in [1.807, 2.05) is 0 Å². The van der Waals surface area contributed by atoms with Crippen molar-refractivity contribution in [3.8, 4) is 5.75 Å². The van der Waals surface area contributed by atoms with Crippen LogP contribution in [0.1, 0.15) is 15.9 Å². The molecule has 0 aliphatic rings. The molecule has 0 heterocycles. The molecule has 1 amide bonds. The van der Waals surface area contributed by atoms with E-state index in [4.69, 9.17) is 15.6 Å². The van der Waals surface area contributed by atoms with Crippen molar-refractivity contribution in [3.05, 3.63) is 29.3 Å². The molecule has 0 aliphatic carbocycles. The topological polar surface area (TPSA) is 102 Å². The molecule has 0 aliphatic heterocycles. The van der Waals surface area contributed by atoms with Gasteiger partial charge in [0.15, 0.2) is 0 Å². The van der Waals surface area contributed by atoms with Gasteiger partial charge in [-0.2, -0.15) is 0 Å². The summed E-state index contributed by atoms with van der Waals surface area (Å²) in [5, 5.41) is 11.2. The molecule has 1 rings (SSSR count). The molecule has 0 unspecified atom stereocenters. The normalized spacial score (nSPS) is 11.7. The number of amides is 1. The van der Waals surface area contributed by atoms with Crippen LogP contribution in [0.25, 0.3) is 0 Å². The summed E-state index contributed by atoms with van der Waals surface area (Å²) in [4.78, 5) is 22.3. The molecule has 1 aromatic carbocycles. The van der Waals surface area contributed by atoms with Crippen molar-refractivity contribution in [1.29, 1.82) is 0 Å². The third-order valence-electron chi connectivity index (χ3n) is 2.51. The molecule has 6 nitrogen and oxygen atoms in total. The molecule has 1 aromatic rings. The van der Waals surface area contributed by atoms with Crippen LogP contribution in [0.4, 0.5) is 0 Å². The molecule has 0 fully saturated rings. The number of nitrogens with two attached hydrogens (primary N) is 1. The summed E-state index contributed by atoms with van der Waals surface area (Å²) in [7, 11) is 2.97. The van der Waals surface area contributed by atoms with Gasteiger partial charge in [-0.25, -0.2) is 0 Å². The second-order valence-electron chi connectivity index (χ2n) is 3.76. The predicted octanol–water partition coefficient (Wildman–Crippen LogP) is 0.00920. The number of aliphatic carboxylic acids is 1. The van der Waals surface area contributed by atoms with Crippen LogP contribution in [0, 0.1) is 0 Å². The first-order chi connectivity index (χ1) is 8.49. The minimum atomic E-state index is -1.08. The Balaban J connectivity index is 3.03. The van der Waals surface area contributed by atoms with Gasteiger partial charge in [0, 0.05) is 7.05 Å². The van der Waals surface area contributed by atoms with Crippen LogP contribution < -0.4 is 15.8 Å². The fourth-order valence-corrected chi connectivity index (χ4v) is 1.54. The summed E-state index contributed by atoms with van der Waals surface area (Å²) in [6, 6.07) is 3.90. The Morgan fingerprint density at radius 3 is 2.67 bits per heavy atom. The zero-order valence-electron chi connectivity index (χ0n) is 10.3. The minimum absolute atomic E-state index is 0.156. The van der Waals surface area contributed by atoms with Crippen molar-refractivity contribution >= 4 is 11.9 Å². The summed E-state index contributed by atoms with van der Waals surface area (Å²) in [6.45, 7) is 0. The number of carboxylic acid groups (broad SMARTS) is 1. The van der Waals surface area contributed by atoms with Gasteiger partial charge in [0.2, 0.25) is 0 Å². The van der Waals surface area contributed by atoms with E-state index >= 15 is 0 Å². The number of nitrogens with one attached hydrogen (secondary N) is 1. The molecule has 98 valence electrons. The van der Waals surface area contributed by atoms with Crippen molar-refractivity contribution in [1.82, 2.24) is 5.32 Å². The molecule has 0 spiro atoms. The van der Waals surface area contributed by atoms with E-state index in [0.29, 0.717) is 16.9 Å². The molecule has 6 heteroatoms. The molecule has 0 saturated carbocycles. The number of carboxylic acids is 1. The van der Waals surface area contributed by atoms with Gasteiger partial charge in [0.1, 0.15) is 11.8 Å². The maximum atomic E-state index is 11.6. The standard InChI is InChI=1S/C12H16N2O4/c1-14-11(15)8-5-7(3-4-10(8)18-2)6-9(13)12(16)17/h3-5,9H,6,13H2,1-2H3,(H,14,15)(H,16,17)/t9-/m0/s1. The second-order valence-corrected chi connectivity index (χ2v) is 3.76. The number of carbonyl (C=O) groups is 2. The van der Waals surface area contributed by atoms with Gasteiger partial charge >= 0.3 is 5.97 Å². The number of benzene rings is 1. The molecular weight excluding hydrogens is 236 g/mol. The van der Waals surface area contributed by atoms with Crippen LogP contribution >= 0.6 is 0 Å². The number of methoxy groups -OCH3 is 1. The highest BCUT2D eigenvalue weighted by Gasteiger charge is 2.16. The lowest BCUT2D eigenvalue weighted by molar-refractivity contribution is -0.138. The lowest BCUT2D eigenvalue weighted by Crippen LogP contribution is -2.32. The number of carbonyl (C=O) groups excluding carboxylic acids is 1. The van der Waals surface area contributed by atoms with Gasteiger partial charge in [-0.1, -0.05) is 6.07 Å². The Labute approximate surface area is 105 Å². The first-order valence-electron chi connectivity index (χ1n) is 5.37. The molecular formula is C12H16N2O4. The molecule has 1 atom stereocenters. The Kier molecular flexibility index (Phi) is 4.67. The van der Waals surface area contributed by atoms with Gasteiger partial charge in [0.05, 0.1) is 12.7 Å². The van der Waals surface area contributed by atoms with Gasteiger partial charge in [0.25, 0.3) is 5.91 Å². The van der Waals surface area contributed by atoms with Crippen molar-refractivity contribution in [3.63, 3.8) is 0 Å². The van der Waals surface area contributed by atoms with Crippen LogP contribution in [-0.2, 0) is 11.2 Å². The number of hydrogen-bond acceptors (Lipinski definition) is 4. The van der Waals surface area contributed by atoms with Crippen LogP contribution in [-0.4, -0.2) is 37.2 Å². The van der Waals surface area contributed by atoms with E-state index in [-0.39, 0.29) is 12.3 Å². The fourth-order valence-electron chi connectivity index (χ4n) is 1.54. The molecule has 4 N–H and O–H groups in total. The summed E-state index contributed by atoms with van der Waals surface area (Å²) in [6.07, 6.45) is 0.156. The monoisotopic (exact) mass is 252 g/mol. The van der Waals surface area contributed by atoms with Gasteiger partial charge < -0.3 is 20.9 Å². The Hall–Kier alpha value is -2.08. The van der Waals surface area contributed by atoms with E-state index < -0.39 is 12.0 Å². The predicted molar refractivity (Wildman–Crippen MR) is 65.7 cm³/mol. The van der Waals surface area contributed by atoms with E-state index in [9.17, 15) is 9.59 Å². The molecule has 0 aromatic heterocycles. The summed E-state index contributed by atoms with van der Waals surface area (Å²) >= 11 is 0. The lowest BCUT2D eigenvalue weighted by atomic mass is 10.0. The van der Waals surface area contributed by atoms with Crippen molar-refractivity contribution in [2.75, 3.05) is 14.2 Å². The second kappa shape index (κ2) is 6.02. The number of rotatable bonds is 5.